The number of aliphatic hydroxyl groups is 1. The SMILES string of the molecule is CC(C)N1CCN(CCC(N)(CO)c2ccccc2)CC1. The Balaban J connectivity index is 1.87. The number of hydrogen-bond acceptors (Lipinski definition) is 4. The van der Waals surface area contributed by atoms with Gasteiger partial charge in [0.1, 0.15) is 0 Å². The molecular weight excluding hydrogens is 262 g/mol. The van der Waals surface area contributed by atoms with Crippen molar-refractivity contribution in [2.45, 2.75) is 31.8 Å². The van der Waals surface area contributed by atoms with Crippen molar-refractivity contribution in [3.05, 3.63) is 35.9 Å². The minimum Gasteiger partial charge on any atom is -0.394 e. The van der Waals surface area contributed by atoms with Crippen molar-refractivity contribution >= 4 is 0 Å². The first kappa shape index (κ1) is 16.4. The molecule has 1 heterocycles. The van der Waals surface area contributed by atoms with Gasteiger partial charge in [0.05, 0.1) is 12.1 Å². The van der Waals surface area contributed by atoms with Gasteiger partial charge in [-0.25, -0.2) is 0 Å². The topological polar surface area (TPSA) is 52.7 Å². The molecule has 0 aliphatic carbocycles. The maximum absolute atomic E-state index is 9.73. The highest BCUT2D eigenvalue weighted by molar-refractivity contribution is 5.24. The highest BCUT2D eigenvalue weighted by Crippen LogP contribution is 2.22. The Morgan fingerprint density at radius 1 is 1.14 bits per heavy atom. The van der Waals surface area contributed by atoms with Crippen LogP contribution in [-0.2, 0) is 5.54 Å². The van der Waals surface area contributed by atoms with E-state index in [0.717, 1.165) is 44.7 Å². The van der Waals surface area contributed by atoms with Crippen molar-refractivity contribution in [2.75, 3.05) is 39.3 Å². The highest BCUT2D eigenvalue weighted by atomic mass is 16.3. The Labute approximate surface area is 128 Å². The van der Waals surface area contributed by atoms with Crippen LogP contribution in [0.4, 0.5) is 0 Å². The van der Waals surface area contributed by atoms with Crippen molar-refractivity contribution < 1.29 is 5.11 Å². The van der Waals surface area contributed by atoms with Crippen molar-refractivity contribution in [1.82, 2.24) is 9.80 Å². The van der Waals surface area contributed by atoms with Crippen LogP contribution in [0.25, 0.3) is 0 Å². The zero-order valence-electron chi connectivity index (χ0n) is 13.3. The molecule has 0 spiro atoms. The molecule has 0 amide bonds. The van der Waals surface area contributed by atoms with Gasteiger partial charge in [0.2, 0.25) is 0 Å². The molecule has 3 N–H and O–H groups in total. The molecular formula is C17H29N3O. The van der Waals surface area contributed by atoms with Crippen LogP contribution in [0.15, 0.2) is 30.3 Å². The fraction of sp³-hybridized carbons (Fsp3) is 0.647. The second-order valence-corrected chi connectivity index (χ2v) is 6.40. The smallest absolute Gasteiger partial charge is 0.0656 e. The molecule has 1 aromatic rings. The van der Waals surface area contributed by atoms with Crippen molar-refractivity contribution in [3.8, 4) is 0 Å². The van der Waals surface area contributed by atoms with E-state index < -0.39 is 5.54 Å². The van der Waals surface area contributed by atoms with Crippen molar-refractivity contribution in [3.63, 3.8) is 0 Å². The number of benzene rings is 1. The Hall–Kier alpha value is -0.940. The molecule has 1 aliphatic heterocycles. The van der Waals surface area contributed by atoms with E-state index in [-0.39, 0.29) is 6.61 Å². The lowest BCUT2D eigenvalue weighted by atomic mass is 9.88. The van der Waals surface area contributed by atoms with Gasteiger partial charge in [-0.3, -0.25) is 4.90 Å². The molecule has 21 heavy (non-hydrogen) atoms. The Morgan fingerprint density at radius 2 is 1.76 bits per heavy atom. The monoisotopic (exact) mass is 291 g/mol. The quantitative estimate of drug-likeness (QED) is 0.828. The molecule has 1 aromatic carbocycles. The minimum absolute atomic E-state index is 0.0109. The van der Waals surface area contributed by atoms with E-state index in [1.165, 1.54) is 0 Å². The largest absolute Gasteiger partial charge is 0.394 e. The lowest BCUT2D eigenvalue weighted by Crippen LogP contribution is -2.51. The lowest BCUT2D eigenvalue weighted by Gasteiger charge is -2.38. The van der Waals surface area contributed by atoms with Crippen LogP contribution in [-0.4, -0.2) is 60.3 Å². The van der Waals surface area contributed by atoms with Crippen LogP contribution < -0.4 is 5.73 Å². The van der Waals surface area contributed by atoms with E-state index in [0.29, 0.717) is 6.04 Å². The molecule has 0 bridgehead atoms. The van der Waals surface area contributed by atoms with Crippen LogP contribution >= 0.6 is 0 Å². The first-order chi connectivity index (χ1) is 10.0. The van der Waals surface area contributed by atoms with Crippen molar-refractivity contribution in [1.29, 1.82) is 0 Å². The zero-order chi connectivity index (χ0) is 15.3. The fourth-order valence-electron chi connectivity index (χ4n) is 2.95. The molecule has 0 saturated carbocycles. The molecule has 1 unspecified atom stereocenters. The highest BCUT2D eigenvalue weighted by Gasteiger charge is 2.28. The minimum atomic E-state index is -0.629. The summed E-state index contributed by atoms with van der Waals surface area (Å²) in [7, 11) is 0. The average molecular weight is 291 g/mol. The van der Waals surface area contributed by atoms with E-state index >= 15 is 0 Å². The molecule has 1 saturated heterocycles. The third-order valence-electron chi connectivity index (χ3n) is 4.64. The summed E-state index contributed by atoms with van der Waals surface area (Å²) in [6.07, 6.45) is 0.787. The van der Waals surface area contributed by atoms with E-state index in [1.807, 2.05) is 30.3 Å². The molecule has 0 aromatic heterocycles. The molecule has 1 atom stereocenters. The van der Waals surface area contributed by atoms with E-state index in [2.05, 4.69) is 23.6 Å². The van der Waals surface area contributed by atoms with Crippen molar-refractivity contribution in [2.24, 2.45) is 5.73 Å². The molecule has 4 nitrogen and oxygen atoms in total. The molecule has 1 fully saturated rings. The summed E-state index contributed by atoms with van der Waals surface area (Å²) < 4.78 is 0. The maximum atomic E-state index is 9.73. The van der Waals surface area contributed by atoms with Gasteiger partial charge < -0.3 is 15.7 Å². The van der Waals surface area contributed by atoms with Crippen LogP contribution in [0.2, 0.25) is 0 Å². The standard InChI is InChI=1S/C17H29N3O/c1-15(2)20-12-10-19(11-13-20)9-8-17(18,14-21)16-6-4-3-5-7-16/h3-7,15,21H,8-14,18H2,1-2H3. The summed E-state index contributed by atoms with van der Waals surface area (Å²) in [6.45, 7) is 9.87. The number of rotatable bonds is 6. The molecule has 4 heteroatoms. The van der Waals surface area contributed by atoms with Gasteiger partial charge in [0.25, 0.3) is 0 Å². The number of piperazine rings is 1. The predicted octanol–water partition coefficient (Wildman–Crippen LogP) is 1.25. The Morgan fingerprint density at radius 3 is 2.29 bits per heavy atom. The zero-order valence-corrected chi connectivity index (χ0v) is 13.3. The summed E-state index contributed by atoms with van der Waals surface area (Å²) in [5.74, 6) is 0. The third kappa shape index (κ3) is 4.27. The van der Waals surface area contributed by atoms with Crippen LogP contribution in [0.3, 0.4) is 0 Å². The molecule has 2 rings (SSSR count). The summed E-state index contributed by atoms with van der Waals surface area (Å²) in [5.41, 5.74) is 6.82. The van der Waals surface area contributed by atoms with Crippen LogP contribution in [0.1, 0.15) is 25.8 Å². The van der Waals surface area contributed by atoms with Gasteiger partial charge in [-0.05, 0) is 25.8 Å². The summed E-state index contributed by atoms with van der Waals surface area (Å²) in [4.78, 5) is 4.97. The normalized spacial score (nSPS) is 20.6. The summed E-state index contributed by atoms with van der Waals surface area (Å²) in [6, 6.07) is 10.6. The van der Waals surface area contributed by atoms with E-state index in [4.69, 9.17) is 5.73 Å². The lowest BCUT2D eigenvalue weighted by molar-refractivity contribution is 0.0946. The first-order valence-electron chi connectivity index (χ1n) is 7.97. The van der Waals surface area contributed by atoms with E-state index in [1.54, 1.807) is 0 Å². The first-order valence-corrected chi connectivity index (χ1v) is 7.97. The molecule has 1 aliphatic rings. The van der Waals surface area contributed by atoms with Crippen LogP contribution in [0, 0.1) is 0 Å². The van der Waals surface area contributed by atoms with Gasteiger partial charge in [-0.15, -0.1) is 0 Å². The van der Waals surface area contributed by atoms with Gasteiger partial charge in [0, 0.05) is 38.8 Å². The Bertz CT molecular complexity index is 415. The predicted molar refractivity (Wildman–Crippen MR) is 87.2 cm³/mol. The van der Waals surface area contributed by atoms with Crippen LogP contribution in [0.5, 0.6) is 0 Å². The summed E-state index contributed by atoms with van der Waals surface area (Å²) in [5, 5.41) is 9.73. The average Bonchev–Trinajstić information content (AvgIpc) is 2.54. The number of hydrogen-bond donors (Lipinski definition) is 2. The fourth-order valence-corrected chi connectivity index (χ4v) is 2.95. The number of nitrogens with two attached hydrogens (primary N) is 1. The third-order valence-corrected chi connectivity index (χ3v) is 4.64. The van der Waals surface area contributed by atoms with Gasteiger partial charge in [-0.1, -0.05) is 30.3 Å². The van der Waals surface area contributed by atoms with E-state index in [9.17, 15) is 5.11 Å². The van der Waals surface area contributed by atoms with Gasteiger partial charge in [-0.2, -0.15) is 0 Å². The number of aliphatic hydroxyl groups excluding tert-OH is 1. The second-order valence-electron chi connectivity index (χ2n) is 6.40. The Kier molecular flexibility index (Phi) is 5.76. The molecule has 0 radical (unpaired) electrons. The number of nitrogens with zero attached hydrogens (tertiary/aromatic N) is 2. The maximum Gasteiger partial charge on any atom is 0.0656 e. The molecule has 118 valence electrons. The summed E-state index contributed by atoms with van der Waals surface area (Å²) >= 11 is 0. The van der Waals surface area contributed by atoms with Gasteiger partial charge in [0.15, 0.2) is 0 Å². The van der Waals surface area contributed by atoms with Gasteiger partial charge >= 0.3 is 0 Å². The second kappa shape index (κ2) is 7.36.